The average molecular weight is 468 g/mol. The third-order valence-electron chi connectivity index (χ3n) is 5.44. The molecule has 0 aliphatic heterocycles. The molecule has 0 fully saturated rings. The molecule has 1 amide bonds. The molecule has 0 atom stereocenters. The van der Waals surface area contributed by atoms with Gasteiger partial charge in [-0.05, 0) is 30.7 Å². The van der Waals surface area contributed by atoms with Gasteiger partial charge in [0.25, 0.3) is 5.56 Å². The van der Waals surface area contributed by atoms with E-state index in [1.807, 2.05) is 61.5 Å². The van der Waals surface area contributed by atoms with Crippen LogP contribution in [-0.2, 0) is 27.9 Å². The zero-order chi connectivity index (χ0) is 24.0. The molecule has 174 valence electrons. The first-order valence-corrected chi connectivity index (χ1v) is 12.3. The van der Waals surface area contributed by atoms with Gasteiger partial charge in [0.15, 0.2) is 0 Å². The predicted molar refractivity (Wildman–Crippen MR) is 130 cm³/mol. The summed E-state index contributed by atoms with van der Waals surface area (Å²) in [6.45, 7) is 6.15. The van der Waals surface area contributed by atoms with Crippen molar-refractivity contribution in [2.45, 2.75) is 38.8 Å². The molecule has 0 aliphatic rings. The van der Waals surface area contributed by atoms with Gasteiger partial charge in [-0.1, -0.05) is 61.9 Å². The van der Waals surface area contributed by atoms with Gasteiger partial charge in [0.05, 0.1) is 11.4 Å². The number of hydrogen-bond acceptors (Lipinski definition) is 4. The van der Waals surface area contributed by atoms with Crippen LogP contribution in [0.3, 0.4) is 0 Å². The number of amides is 1. The molecule has 0 aliphatic carbocycles. The molecule has 0 radical (unpaired) electrons. The monoisotopic (exact) mass is 467 g/mol. The topological polar surface area (TPSA) is 79.7 Å². The molecule has 7 nitrogen and oxygen atoms in total. The Kier molecular flexibility index (Phi) is 7.84. The minimum Gasteiger partial charge on any atom is -0.306 e. The first-order valence-electron chi connectivity index (χ1n) is 10.9. The van der Waals surface area contributed by atoms with E-state index in [1.165, 1.54) is 22.6 Å². The van der Waals surface area contributed by atoms with Crippen molar-refractivity contribution in [1.82, 2.24) is 8.87 Å². The summed E-state index contributed by atoms with van der Waals surface area (Å²) in [6.07, 6.45) is 1.25. The molecular weight excluding hydrogens is 438 g/mol. The molecule has 33 heavy (non-hydrogen) atoms. The molecular formula is C25H29N3O4S. The van der Waals surface area contributed by atoms with Crippen LogP contribution >= 0.6 is 0 Å². The molecule has 0 N–H and O–H groups in total. The number of carbonyl (C=O) groups excluding carboxylic acids is 1. The molecule has 2 aromatic carbocycles. The highest BCUT2D eigenvalue weighted by Gasteiger charge is 2.23. The Bertz CT molecular complexity index is 1250. The van der Waals surface area contributed by atoms with Crippen LogP contribution in [0.1, 0.15) is 25.0 Å². The van der Waals surface area contributed by atoms with Crippen LogP contribution in [0.25, 0.3) is 0 Å². The second-order valence-corrected chi connectivity index (χ2v) is 9.66. The van der Waals surface area contributed by atoms with Gasteiger partial charge in [-0.3, -0.25) is 9.59 Å². The summed E-state index contributed by atoms with van der Waals surface area (Å²) in [7, 11) is -3.75. The minimum atomic E-state index is -3.75. The number of aryl methyl sites for hydroxylation is 1. The molecule has 1 heterocycles. The molecule has 0 saturated carbocycles. The second kappa shape index (κ2) is 10.6. The van der Waals surface area contributed by atoms with Gasteiger partial charge >= 0.3 is 0 Å². The summed E-state index contributed by atoms with van der Waals surface area (Å²) in [5.74, 6) is -0.317. The Balaban J connectivity index is 1.95. The van der Waals surface area contributed by atoms with Crippen LogP contribution in [0.4, 0.5) is 5.69 Å². The van der Waals surface area contributed by atoms with Gasteiger partial charge in [0.2, 0.25) is 15.9 Å². The zero-order valence-corrected chi connectivity index (χ0v) is 20.0. The normalized spacial score (nSPS) is 11.5. The highest BCUT2D eigenvalue weighted by atomic mass is 32.2. The summed E-state index contributed by atoms with van der Waals surface area (Å²) < 4.78 is 28.2. The molecule has 1 aromatic heterocycles. The lowest BCUT2D eigenvalue weighted by atomic mass is 10.1. The fourth-order valence-electron chi connectivity index (χ4n) is 3.54. The van der Waals surface area contributed by atoms with Crippen molar-refractivity contribution in [1.29, 1.82) is 0 Å². The van der Waals surface area contributed by atoms with Gasteiger partial charge in [-0.25, -0.2) is 8.42 Å². The second-order valence-electron chi connectivity index (χ2n) is 7.72. The number of nitrogens with zero attached hydrogens (tertiary/aromatic N) is 3. The van der Waals surface area contributed by atoms with Crippen molar-refractivity contribution >= 4 is 21.6 Å². The summed E-state index contributed by atoms with van der Waals surface area (Å²) in [4.78, 5) is 27.5. The standard InChI is InChI=1S/C25H29N3O4S/c1-4-27(5-2)33(31,32)23-15-16-24(29)26(18-23)19-25(30)28(17-21-9-7-6-8-10-21)22-13-11-20(3)12-14-22/h6-16,18H,4-5,17,19H2,1-3H3. The van der Waals surface area contributed by atoms with Crippen LogP contribution in [0, 0.1) is 6.92 Å². The van der Waals surface area contributed by atoms with E-state index in [2.05, 4.69) is 0 Å². The lowest BCUT2D eigenvalue weighted by Gasteiger charge is -2.24. The van der Waals surface area contributed by atoms with E-state index in [0.29, 0.717) is 25.3 Å². The highest BCUT2D eigenvalue weighted by Crippen LogP contribution is 2.19. The largest absolute Gasteiger partial charge is 0.306 e. The van der Waals surface area contributed by atoms with Crippen molar-refractivity contribution in [3.63, 3.8) is 0 Å². The summed E-state index contributed by atoms with van der Waals surface area (Å²) >= 11 is 0. The maximum Gasteiger partial charge on any atom is 0.251 e. The molecule has 0 bridgehead atoms. The Hall–Kier alpha value is -3.23. The maximum atomic E-state index is 13.4. The lowest BCUT2D eigenvalue weighted by molar-refractivity contribution is -0.119. The quantitative estimate of drug-likeness (QED) is 0.483. The molecule has 3 rings (SSSR count). The van der Waals surface area contributed by atoms with E-state index >= 15 is 0 Å². The van der Waals surface area contributed by atoms with Crippen LogP contribution in [0.5, 0.6) is 0 Å². The Morgan fingerprint density at radius 1 is 0.909 bits per heavy atom. The highest BCUT2D eigenvalue weighted by molar-refractivity contribution is 7.89. The minimum absolute atomic E-state index is 0.0106. The van der Waals surface area contributed by atoms with Gasteiger partial charge in [-0.2, -0.15) is 4.31 Å². The maximum absolute atomic E-state index is 13.4. The Morgan fingerprint density at radius 2 is 1.55 bits per heavy atom. The van der Waals surface area contributed by atoms with Crippen LogP contribution in [0.15, 0.2) is 82.6 Å². The first kappa shape index (κ1) is 24.4. The molecule has 0 unspecified atom stereocenters. The van der Waals surface area contributed by atoms with E-state index in [1.54, 1.807) is 18.7 Å². The molecule has 3 aromatic rings. The Labute approximate surface area is 194 Å². The molecule has 8 heteroatoms. The first-order chi connectivity index (χ1) is 15.8. The van der Waals surface area contributed by atoms with Crippen molar-refractivity contribution in [3.05, 3.63) is 94.4 Å². The summed E-state index contributed by atoms with van der Waals surface area (Å²) in [5, 5.41) is 0. The predicted octanol–water partition coefficient (Wildman–Crippen LogP) is 3.42. The van der Waals surface area contributed by atoms with Gasteiger partial charge in [-0.15, -0.1) is 0 Å². The smallest absolute Gasteiger partial charge is 0.251 e. The van der Waals surface area contributed by atoms with E-state index in [-0.39, 0.29) is 17.3 Å². The van der Waals surface area contributed by atoms with E-state index in [0.717, 1.165) is 15.7 Å². The van der Waals surface area contributed by atoms with E-state index < -0.39 is 15.6 Å². The third kappa shape index (κ3) is 5.77. The fraction of sp³-hybridized carbons (Fsp3) is 0.280. The van der Waals surface area contributed by atoms with Crippen molar-refractivity contribution in [2.75, 3.05) is 18.0 Å². The average Bonchev–Trinajstić information content (AvgIpc) is 2.80. The zero-order valence-electron chi connectivity index (χ0n) is 19.1. The van der Waals surface area contributed by atoms with Gasteiger partial charge < -0.3 is 9.47 Å². The third-order valence-corrected chi connectivity index (χ3v) is 7.47. The number of anilines is 1. The SMILES string of the molecule is CCN(CC)S(=O)(=O)c1ccc(=O)n(CC(=O)N(Cc2ccccc2)c2ccc(C)cc2)c1. The lowest BCUT2D eigenvalue weighted by Crippen LogP contribution is -2.37. The number of hydrogen-bond donors (Lipinski definition) is 0. The van der Waals surface area contributed by atoms with Crippen molar-refractivity contribution in [3.8, 4) is 0 Å². The fourth-order valence-corrected chi connectivity index (χ4v) is 5.02. The summed E-state index contributed by atoms with van der Waals surface area (Å²) in [6, 6.07) is 19.6. The van der Waals surface area contributed by atoms with Crippen LogP contribution in [-0.4, -0.2) is 36.3 Å². The molecule has 0 saturated heterocycles. The van der Waals surface area contributed by atoms with Gasteiger partial charge in [0, 0.05) is 31.0 Å². The van der Waals surface area contributed by atoms with E-state index in [9.17, 15) is 18.0 Å². The number of benzene rings is 2. The number of pyridine rings is 1. The number of carbonyl (C=O) groups is 1. The van der Waals surface area contributed by atoms with Crippen molar-refractivity contribution in [2.24, 2.45) is 0 Å². The van der Waals surface area contributed by atoms with Crippen LogP contribution < -0.4 is 10.5 Å². The number of rotatable bonds is 9. The molecule has 0 spiro atoms. The Morgan fingerprint density at radius 3 is 2.15 bits per heavy atom. The summed E-state index contributed by atoms with van der Waals surface area (Å²) in [5.41, 5.74) is 2.27. The van der Waals surface area contributed by atoms with Crippen LogP contribution in [0.2, 0.25) is 0 Å². The van der Waals surface area contributed by atoms with Crippen molar-refractivity contribution < 1.29 is 13.2 Å². The number of aromatic nitrogens is 1. The number of sulfonamides is 1. The van der Waals surface area contributed by atoms with E-state index in [4.69, 9.17) is 0 Å². The van der Waals surface area contributed by atoms with Gasteiger partial charge in [0.1, 0.15) is 6.54 Å².